The van der Waals surface area contributed by atoms with Crippen molar-refractivity contribution in [3.05, 3.63) is 66.7 Å². The molecule has 94 valence electrons. The first-order valence-electron chi connectivity index (χ1n) is 5.96. The Morgan fingerprint density at radius 3 is 2.74 bits per heavy atom. The number of hydrogen-bond donors (Lipinski definition) is 0. The number of hydrogen-bond acceptors (Lipinski definition) is 3. The Kier molecular flexibility index (Phi) is 2.98. The standard InChI is InChI=1S/C15H12N2O2/c18-15(19-11-12-4-2-1-3-5-12)17-7-6-13-8-16-9-14(13)10-17/h1-10H,11H2. The molecular formula is C15H12N2O2. The zero-order valence-electron chi connectivity index (χ0n) is 10.2. The van der Waals surface area contributed by atoms with E-state index >= 15 is 0 Å². The Labute approximate surface area is 110 Å². The van der Waals surface area contributed by atoms with E-state index in [1.807, 2.05) is 36.4 Å². The summed E-state index contributed by atoms with van der Waals surface area (Å²) in [5, 5.41) is 0. The van der Waals surface area contributed by atoms with Gasteiger partial charge in [0.05, 0.1) is 0 Å². The first-order chi connectivity index (χ1) is 9.33. The predicted molar refractivity (Wildman–Crippen MR) is 70.9 cm³/mol. The summed E-state index contributed by atoms with van der Waals surface area (Å²) in [6.45, 7) is 0.268. The Morgan fingerprint density at radius 2 is 1.89 bits per heavy atom. The molecule has 0 N–H and O–H groups in total. The maximum Gasteiger partial charge on any atom is 0.418 e. The van der Waals surface area contributed by atoms with Crippen LogP contribution < -0.4 is 0 Å². The van der Waals surface area contributed by atoms with E-state index in [1.54, 1.807) is 24.8 Å². The second-order valence-electron chi connectivity index (χ2n) is 4.21. The van der Waals surface area contributed by atoms with Crippen molar-refractivity contribution in [3.63, 3.8) is 0 Å². The zero-order chi connectivity index (χ0) is 13.1. The van der Waals surface area contributed by atoms with Crippen molar-refractivity contribution in [2.45, 2.75) is 6.61 Å². The van der Waals surface area contributed by atoms with E-state index in [4.69, 9.17) is 4.74 Å². The second kappa shape index (κ2) is 4.94. The monoisotopic (exact) mass is 252 g/mol. The van der Waals surface area contributed by atoms with Gasteiger partial charge in [0.2, 0.25) is 0 Å². The lowest BCUT2D eigenvalue weighted by atomic mass is 10.2. The highest BCUT2D eigenvalue weighted by Gasteiger charge is 2.09. The average molecular weight is 252 g/mol. The van der Waals surface area contributed by atoms with Gasteiger partial charge in [0, 0.05) is 35.9 Å². The molecule has 0 aromatic heterocycles. The summed E-state index contributed by atoms with van der Waals surface area (Å²) in [6.07, 6.45) is 6.48. The highest BCUT2D eigenvalue weighted by atomic mass is 16.5. The minimum atomic E-state index is -0.396. The van der Waals surface area contributed by atoms with Gasteiger partial charge in [-0.25, -0.2) is 4.79 Å². The number of aromatic nitrogens is 2. The molecule has 4 heteroatoms. The third-order valence-corrected chi connectivity index (χ3v) is 2.87. The zero-order valence-corrected chi connectivity index (χ0v) is 10.2. The Bertz CT molecular complexity index is 661. The third-order valence-electron chi connectivity index (χ3n) is 2.87. The van der Waals surface area contributed by atoms with Crippen LogP contribution in [0.4, 0.5) is 4.79 Å². The maximum atomic E-state index is 11.9. The minimum absolute atomic E-state index is 0.268. The molecule has 0 amide bonds. The van der Waals surface area contributed by atoms with Gasteiger partial charge in [-0.3, -0.25) is 9.55 Å². The van der Waals surface area contributed by atoms with Gasteiger partial charge in [-0.2, -0.15) is 0 Å². The number of carbonyl (C=O) groups excluding carboxylic acids is 1. The quantitative estimate of drug-likeness (QED) is 0.703. The van der Waals surface area contributed by atoms with E-state index in [0.717, 1.165) is 16.7 Å². The van der Waals surface area contributed by atoms with Crippen molar-refractivity contribution in [2.24, 2.45) is 0 Å². The van der Waals surface area contributed by atoms with Crippen molar-refractivity contribution in [1.29, 1.82) is 0 Å². The molecule has 0 bridgehead atoms. The smallest absolute Gasteiger partial charge is 0.418 e. The summed E-state index contributed by atoms with van der Waals surface area (Å²) >= 11 is 0. The van der Waals surface area contributed by atoms with E-state index in [-0.39, 0.29) is 6.61 Å². The summed E-state index contributed by atoms with van der Waals surface area (Å²) in [6, 6.07) is 11.4. The number of ether oxygens (including phenoxy) is 1. The topological polar surface area (TPSA) is 44.1 Å². The lowest BCUT2D eigenvalue weighted by Gasteiger charge is -2.08. The van der Waals surface area contributed by atoms with Crippen molar-refractivity contribution in [2.75, 3.05) is 0 Å². The van der Waals surface area contributed by atoms with Crippen LogP contribution in [0.2, 0.25) is 0 Å². The first-order valence-corrected chi connectivity index (χ1v) is 5.96. The van der Waals surface area contributed by atoms with Crippen LogP contribution in [0.1, 0.15) is 5.56 Å². The molecule has 0 saturated heterocycles. The lowest BCUT2D eigenvalue weighted by molar-refractivity contribution is 0.141. The molecule has 1 aromatic rings. The van der Waals surface area contributed by atoms with Crippen LogP contribution in [0.5, 0.6) is 0 Å². The van der Waals surface area contributed by atoms with Crippen LogP contribution in [-0.4, -0.2) is 15.6 Å². The van der Waals surface area contributed by atoms with Crippen molar-refractivity contribution >= 4 is 6.09 Å². The number of fused-ring (bicyclic) bond motifs is 1. The van der Waals surface area contributed by atoms with Gasteiger partial charge in [0.15, 0.2) is 0 Å². The summed E-state index contributed by atoms with van der Waals surface area (Å²) in [5.74, 6) is 0. The van der Waals surface area contributed by atoms with Gasteiger partial charge in [0.1, 0.15) is 6.61 Å². The van der Waals surface area contributed by atoms with Gasteiger partial charge in [-0.15, -0.1) is 0 Å². The summed E-state index contributed by atoms with van der Waals surface area (Å²) in [7, 11) is 0. The van der Waals surface area contributed by atoms with Gasteiger partial charge in [-0.05, 0) is 11.6 Å². The van der Waals surface area contributed by atoms with Gasteiger partial charge >= 0.3 is 6.09 Å². The summed E-state index contributed by atoms with van der Waals surface area (Å²) in [4.78, 5) is 15.9. The fourth-order valence-corrected chi connectivity index (χ4v) is 1.85. The maximum absolute atomic E-state index is 11.9. The van der Waals surface area contributed by atoms with Crippen molar-refractivity contribution in [1.82, 2.24) is 9.55 Å². The molecule has 0 fully saturated rings. The SMILES string of the molecule is O=C(OCc1ccccc1)n1ccc2cncc-2c1. The van der Waals surface area contributed by atoms with E-state index in [2.05, 4.69) is 4.98 Å². The van der Waals surface area contributed by atoms with Crippen LogP contribution in [0.15, 0.2) is 61.2 Å². The highest BCUT2D eigenvalue weighted by molar-refractivity contribution is 5.74. The fraction of sp³-hybridized carbons (Fsp3) is 0.0667. The molecule has 3 rings (SSSR count). The average Bonchev–Trinajstić information content (AvgIpc) is 2.93. The molecule has 0 atom stereocenters. The molecule has 0 aliphatic carbocycles. The molecular weight excluding hydrogens is 240 g/mol. The number of carbonyl (C=O) groups is 1. The molecule has 0 radical (unpaired) electrons. The molecule has 1 aromatic carbocycles. The normalized spacial score (nSPS) is 10.5. The molecule has 19 heavy (non-hydrogen) atoms. The van der Waals surface area contributed by atoms with E-state index in [0.29, 0.717) is 0 Å². The Morgan fingerprint density at radius 1 is 1.11 bits per heavy atom. The molecule has 4 nitrogen and oxygen atoms in total. The Balaban J connectivity index is 1.72. The fourth-order valence-electron chi connectivity index (χ4n) is 1.85. The van der Waals surface area contributed by atoms with E-state index in [9.17, 15) is 4.79 Å². The highest BCUT2D eigenvalue weighted by Crippen LogP contribution is 2.19. The lowest BCUT2D eigenvalue weighted by Crippen LogP contribution is -2.13. The predicted octanol–water partition coefficient (Wildman–Crippen LogP) is 3.17. The number of benzene rings is 1. The van der Waals surface area contributed by atoms with Gasteiger partial charge in [0.25, 0.3) is 0 Å². The second-order valence-corrected chi connectivity index (χ2v) is 4.21. The molecule has 2 heterocycles. The van der Waals surface area contributed by atoms with Crippen molar-refractivity contribution < 1.29 is 9.53 Å². The van der Waals surface area contributed by atoms with Crippen LogP contribution in [0.25, 0.3) is 11.1 Å². The van der Waals surface area contributed by atoms with Crippen LogP contribution in [-0.2, 0) is 11.3 Å². The number of pyridine rings is 1. The molecule has 0 saturated carbocycles. The van der Waals surface area contributed by atoms with E-state index < -0.39 is 6.09 Å². The molecule has 0 unspecified atom stereocenters. The minimum Gasteiger partial charge on any atom is -0.444 e. The summed E-state index contributed by atoms with van der Waals surface area (Å²) < 4.78 is 6.67. The molecule has 2 aliphatic rings. The van der Waals surface area contributed by atoms with Crippen LogP contribution >= 0.6 is 0 Å². The molecule has 0 spiro atoms. The van der Waals surface area contributed by atoms with E-state index in [1.165, 1.54) is 4.57 Å². The number of nitrogens with zero attached hydrogens (tertiary/aromatic N) is 2. The number of rotatable bonds is 2. The third kappa shape index (κ3) is 2.47. The largest absolute Gasteiger partial charge is 0.444 e. The van der Waals surface area contributed by atoms with Crippen molar-refractivity contribution in [3.8, 4) is 11.1 Å². The first kappa shape index (κ1) is 11.5. The van der Waals surface area contributed by atoms with Crippen LogP contribution in [0, 0.1) is 0 Å². The molecule has 2 aliphatic heterocycles. The Hall–Kier alpha value is -2.62. The summed E-state index contributed by atoms with van der Waals surface area (Å²) in [5.41, 5.74) is 2.89. The van der Waals surface area contributed by atoms with Gasteiger partial charge in [-0.1, -0.05) is 30.3 Å². The van der Waals surface area contributed by atoms with Gasteiger partial charge < -0.3 is 4.74 Å². The van der Waals surface area contributed by atoms with Crippen LogP contribution in [0.3, 0.4) is 0 Å².